The van der Waals surface area contributed by atoms with Crippen LogP contribution >= 0.6 is 22.6 Å². The number of halogens is 1. The molecule has 0 spiro atoms. The summed E-state index contributed by atoms with van der Waals surface area (Å²) in [4.78, 5) is 25.7. The smallest absolute Gasteiger partial charge is 0.266 e. The highest BCUT2D eigenvalue weighted by atomic mass is 127. The molecule has 0 heterocycles. The lowest BCUT2D eigenvalue weighted by Crippen LogP contribution is -2.28. The first-order valence-electron chi connectivity index (χ1n) is 11.8. The molecule has 0 aliphatic heterocycles. The molecule has 7 nitrogen and oxygen atoms in total. The Kier molecular flexibility index (Phi) is 9.49. The molecule has 3 N–H and O–H groups in total. The summed E-state index contributed by atoms with van der Waals surface area (Å²) in [5.74, 6) is -1.58. The van der Waals surface area contributed by atoms with Crippen molar-refractivity contribution in [1.29, 1.82) is 0 Å². The Hall–Kier alpha value is -2.76. The molecule has 0 aromatic heterocycles. The second-order valence-corrected chi connectivity index (χ2v) is 12.7. The molecule has 3 aromatic carbocycles. The topological polar surface area (TPSA) is 113 Å². The fraction of sp³-hybridized carbons (Fsp3) is 0.286. The van der Waals surface area contributed by atoms with E-state index in [0.717, 1.165) is 20.4 Å². The average Bonchev–Trinajstić information content (AvgIpc) is 2.83. The number of carbonyl (C=O) groups excluding carboxylic acids is 2. The van der Waals surface area contributed by atoms with Crippen molar-refractivity contribution in [2.24, 2.45) is 0 Å². The van der Waals surface area contributed by atoms with Gasteiger partial charge < -0.3 is 10.6 Å². The van der Waals surface area contributed by atoms with E-state index >= 15 is 0 Å². The molecule has 1 atom stereocenters. The van der Waals surface area contributed by atoms with E-state index in [0.29, 0.717) is 12.0 Å². The minimum atomic E-state index is -4.15. The molecule has 0 aliphatic carbocycles. The van der Waals surface area contributed by atoms with E-state index in [1.54, 1.807) is 24.3 Å². The first-order chi connectivity index (χ1) is 17.3. The lowest BCUT2D eigenvalue weighted by Gasteiger charge is -2.22. The summed E-state index contributed by atoms with van der Waals surface area (Å²) in [6.45, 7) is 6.24. The maximum Gasteiger partial charge on any atom is 0.266 e. The van der Waals surface area contributed by atoms with E-state index in [4.69, 9.17) is 4.55 Å². The predicted molar refractivity (Wildman–Crippen MR) is 155 cm³/mol. The van der Waals surface area contributed by atoms with Crippen LogP contribution in [0.1, 0.15) is 53.7 Å². The number of amides is 2. The number of rotatable bonds is 9. The number of benzene rings is 3. The molecule has 2 amide bonds. The molecule has 3 rings (SSSR count). The molecule has 0 saturated heterocycles. The first kappa shape index (κ1) is 28.8. The van der Waals surface area contributed by atoms with Crippen molar-refractivity contribution in [1.82, 2.24) is 5.32 Å². The van der Waals surface area contributed by atoms with Crippen molar-refractivity contribution < 1.29 is 22.6 Å². The van der Waals surface area contributed by atoms with E-state index in [1.807, 2.05) is 36.4 Å². The summed E-state index contributed by atoms with van der Waals surface area (Å²) >= 11 is 2.22. The van der Waals surface area contributed by atoms with Crippen LogP contribution < -0.4 is 10.6 Å². The quantitative estimate of drug-likeness (QED) is 0.222. The minimum Gasteiger partial charge on any atom is -0.351 e. The van der Waals surface area contributed by atoms with E-state index in [1.165, 1.54) is 5.56 Å². The van der Waals surface area contributed by atoms with Gasteiger partial charge in [-0.3, -0.25) is 14.1 Å². The van der Waals surface area contributed by atoms with Gasteiger partial charge in [0.15, 0.2) is 0 Å². The zero-order valence-corrected chi connectivity index (χ0v) is 24.0. The van der Waals surface area contributed by atoms with Crippen LogP contribution in [-0.4, -0.2) is 37.1 Å². The van der Waals surface area contributed by atoms with Crippen LogP contribution in [0, 0.1) is 3.57 Å². The molecule has 3 aromatic rings. The van der Waals surface area contributed by atoms with Gasteiger partial charge in [0, 0.05) is 21.4 Å². The van der Waals surface area contributed by atoms with Crippen molar-refractivity contribution >= 4 is 50.2 Å². The van der Waals surface area contributed by atoms with Gasteiger partial charge in [0.1, 0.15) is 0 Å². The molecule has 0 saturated carbocycles. The van der Waals surface area contributed by atoms with Crippen LogP contribution in [0.3, 0.4) is 0 Å². The second kappa shape index (κ2) is 12.2. The van der Waals surface area contributed by atoms with Crippen molar-refractivity contribution in [2.45, 2.75) is 38.5 Å². The van der Waals surface area contributed by atoms with Crippen LogP contribution in [0.5, 0.6) is 0 Å². The number of carbonyl (C=O) groups is 2. The molecule has 0 fully saturated rings. The highest BCUT2D eigenvalue weighted by Crippen LogP contribution is 2.28. The molecule has 37 heavy (non-hydrogen) atoms. The number of nitrogens with one attached hydrogen (secondary N) is 2. The molecule has 0 bridgehead atoms. The Morgan fingerprint density at radius 3 is 2.05 bits per heavy atom. The highest BCUT2D eigenvalue weighted by molar-refractivity contribution is 14.1. The molecular weight excluding hydrogens is 603 g/mol. The van der Waals surface area contributed by atoms with Gasteiger partial charge in [0.05, 0.1) is 11.7 Å². The Labute approximate surface area is 232 Å². The van der Waals surface area contributed by atoms with E-state index in [2.05, 4.69) is 66.1 Å². The fourth-order valence-corrected chi connectivity index (χ4v) is 4.48. The maximum absolute atomic E-state index is 13.4. The van der Waals surface area contributed by atoms with Gasteiger partial charge in [-0.05, 0) is 87.5 Å². The Morgan fingerprint density at radius 1 is 0.919 bits per heavy atom. The van der Waals surface area contributed by atoms with Gasteiger partial charge in [0.2, 0.25) is 5.91 Å². The average molecular weight is 635 g/mol. The van der Waals surface area contributed by atoms with E-state index in [-0.39, 0.29) is 17.9 Å². The summed E-state index contributed by atoms with van der Waals surface area (Å²) in [7, 11) is -4.15. The summed E-state index contributed by atoms with van der Waals surface area (Å²) in [5.41, 5.74) is 4.01. The zero-order chi connectivity index (χ0) is 27.2. The van der Waals surface area contributed by atoms with Gasteiger partial charge in [-0.25, -0.2) is 0 Å². The summed E-state index contributed by atoms with van der Waals surface area (Å²) in [6, 6.07) is 22.5. The monoisotopic (exact) mass is 634 g/mol. The zero-order valence-electron chi connectivity index (χ0n) is 21.0. The van der Waals surface area contributed by atoms with Gasteiger partial charge >= 0.3 is 0 Å². The van der Waals surface area contributed by atoms with Crippen LogP contribution in [-0.2, 0) is 26.7 Å². The van der Waals surface area contributed by atoms with Crippen molar-refractivity contribution in [3.8, 4) is 0 Å². The molecule has 0 radical (unpaired) electrons. The number of hydrogen-bond donors (Lipinski definition) is 3. The molecule has 1 unspecified atom stereocenters. The van der Waals surface area contributed by atoms with Gasteiger partial charge in [-0.1, -0.05) is 57.2 Å². The van der Waals surface area contributed by atoms with Gasteiger partial charge in [-0.2, -0.15) is 8.42 Å². The summed E-state index contributed by atoms with van der Waals surface area (Å²) in [6.07, 6.45) is 0.426. The Bertz CT molecular complexity index is 1330. The Morgan fingerprint density at radius 2 is 1.51 bits per heavy atom. The number of anilines is 1. The van der Waals surface area contributed by atoms with Crippen LogP contribution in [0.2, 0.25) is 0 Å². The third-order valence-electron chi connectivity index (χ3n) is 5.91. The Balaban J connectivity index is 1.79. The molecule has 9 heteroatoms. The van der Waals surface area contributed by atoms with Crippen LogP contribution in [0.25, 0.3) is 0 Å². The third kappa shape index (κ3) is 8.94. The number of hydrogen-bond acceptors (Lipinski definition) is 4. The summed E-state index contributed by atoms with van der Waals surface area (Å²) < 4.78 is 31.6. The predicted octanol–water partition coefficient (Wildman–Crippen LogP) is 5.17. The second-order valence-electron chi connectivity index (χ2n) is 9.86. The molecular formula is C28H31IN2O5S. The third-order valence-corrected chi connectivity index (χ3v) is 7.35. The molecule has 196 valence electrons. The first-order valence-corrected chi connectivity index (χ1v) is 14.5. The lowest BCUT2D eigenvalue weighted by molar-refractivity contribution is -0.117. The SMILES string of the molecule is CC(C)(C)c1ccc(C(Cc2ccc(C(=O)NCCS(=O)(=O)O)cc2)C(=O)Nc2ccc(I)cc2)cc1. The van der Waals surface area contributed by atoms with Crippen LogP contribution in [0.15, 0.2) is 72.8 Å². The van der Waals surface area contributed by atoms with Gasteiger partial charge in [-0.15, -0.1) is 0 Å². The van der Waals surface area contributed by atoms with Crippen LogP contribution in [0.4, 0.5) is 5.69 Å². The van der Waals surface area contributed by atoms with Crippen molar-refractivity contribution in [2.75, 3.05) is 17.6 Å². The normalized spacial score (nSPS) is 12.6. The molecule has 0 aliphatic rings. The largest absolute Gasteiger partial charge is 0.351 e. The van der Waals surface area contributed by atoms with Gasteiger partial charge in [0.25, 0.3) is 16.0 Å². The highest BCUT2D eigenvalue weighted by Gasteiger charge is 2.23. The van der Waals surface area contributed by atoms with E-state index < -0.39 is 27.7 Å². The van der Waals surface area contributed by atoms with Crippen molar-refractivity contribution in [3.63, 3.8) is 0 Å². The van der Waals surface area contributed by atoms with E-state index in [9.17, 15) is 18.0 Å². The standard InChI is InChI=1S/C28H31IN2O5S/c1-28(2,3)22-10-8-20(9-11-22)25(27(33)31-24-14-12-23(29)13-15-24)18-19-4-6-21(7-5-19)26(32)30-16-17-37(34,35)36/h4-15,25H,16-18H2,1-3H3,(H,30,32)(H,31,33)(H,34,35,36). The van der Waals surface area contributed by atoms with Crippen molar-refractivity contribution in [3.05, 3.63) is 98.6 Å². The minimum absolute atomic E-state index is 0.00473. The summed E-state index contributed by atoms with van der Waals surface area (Å²) in [5, 5.41) is 5.49. The lowest BCUT2D eigenvalue weighted by atomic mass is 9.84. The maximum atomic E-state index is 13.4. The fourth-order valence-electron chi connectivity index (χ4n) is 3.76.